The fraction of sp³-hybridized carbons (Fsp3) is 0.167. The maximum atomic E-state index is 13.1. The summed E-state index contributed by atoms with van der Waals surface area (Å²) in [5.74, 6) is -0.00516. The van der Waals surface area contributed by atoms with Crippen LogP contribution >= 0.6 is 23.2 Å². The third-order valence-corrected chi connectivity index (χ3v) is 2.97. The van der Waals surface area contributed by atoms with Gasteiger partial charge in [-0.05, 0) is 19.1 Å². The molecule has 8 heteroatoms. The van der Waals surface area contributed by atoms with Gasteiger partial charge in [-0.1, -0.05) is 23.2 Å². The van der Waals surface area contributed by atoms with E-state index in [1.54, 1.807) is 0 Å². The molecule has 2 aromatic rings. The molecule has 1 aromatic carbocycles. The smallest absolute Gasteiger partial charge is 0.242 e. The summed E-state index contributed by atoms with van der Waals surface area (Å²) < 4.78 is 18.4. The lowest BCUT2D eigenvalue weighted by atomic mass is 10.3. The van der Waals surface area contributed by atoms with Crippen molar-refractivity contribution < 1.29 is 9.13 Å². The van der Waals surface area contributed by atoms with E-state index >= 15 is 0 Å². The van der Waals surface area contributed by atoms with E-state index in [1.807, 2.05) is 6.92 Å². The maximum Gasteiger partial charge on any atom is 0.242 e. The molecule has 1 aromatic heterocycles. The first-order valence-corrected chi connectivity index (χ1v) is 6.43. The lowest BCUT2D eigenvalue weighted by Gasteiger charge is -2.13. The van der Waals surface area contributed by atoms with Crippen molar-refractivity contribution in [3.63, 3.8) is 0 Å². The largest absolute Gasteiger partial charge is 0.476 e. The third kappa shape index (κ3) is 3.02. The molecule has 106 valence electrons. The number of nitrogen functional groups attached to an aromatic ring is 1. The number of nitrogens with one attached hydrogen (secondary N) is 1. The molecular weight excluding hydrogens is 306 g/mol. The van der Waals surface area contributed by atoms with Crippen LogP contribution in [0.25, 0.3) is 0 Å². The van der Waals surface area contributed by atoms with Gasteiger partial charge in [0.25, 0.3) is 0 Å². The van der Waals surface area contributed by atoms with Crippen LogP contribution in [0.1, 0.15) is 6.92 Å². The van der Waals surface area contributed by atoms with Crippen molar-refractivity contribution >= 4 is 40.4 Å². The van der Waals surface area contributed by atoms with Crippen molar-refractivity contribution in [2.45, 2.75) is 6.92 Å². The molecule has 0 spiro atoms. The lowest BCUT2D eigenvalue weighted by Crippen LogP contribution is -2.05. The van der Waals surface area contributed by atoms with Gasteiger partial charge >= 0.3 is 0 Å². The summed E-state index contributed by atoms with van der Waals surface area (Å²) in [7, 11) is 0. The summed E-state index contributed by atoms with van der Waals surface area (Å²) in [5, 5.41) is 3.08. The van der Waals surface area contributed by atoms with Crippen molar-refractivity contribution in [2.75, 3.05) is 17.7 Å². The third-order valence-electron chi connectivity index (χ3n) is 2.38. The average molecular weight is 317 g/mol. The van der Waals surface area contributed by atoms with E-state index in [9.17, 15) is 4.39 Å². The Bertz CT molecular complexity index is 616. The summed E-state index contributed by atoms with van der Waals surface area (Å²) in [6, 6.07) is 2.27. The maximum absolute atomic E-state index is 13.1. The number of anilines is 3. The second kappa shape index (κ2) is 6.11. The van der Waals surface area contributed by atoms with E-state index in [2.05, 4.69) is 15.3 Å². The number of nitrogens with two attached hydrogens (primary N) is 1. The van der Waals surface area contributed by atoms with Crippen LogP contribution in [0.3, 0.4) is 0 Å². The number of nitrogens with zero attached hydrogens (tertiary/aromatic N) is 2. The second-order valence-electron chi connectivity index (χ2n) is 3.74. The Labute approximate surface area is 124 Å². The Morgan fingerprint density at radius 2 is 1.95 bits per heavy atom. The lowest BCUT2D eigenvalue weighted by molar-refractivity contribution is 0.328. The number of benzene rings is 1. The predicted octanol–water partition coefficient (Wildman–Crippen LogP) is 3.65. The normalized spacial score (nSPS) is 10.4. The molecule has 0 aliphatic rings. The molecule has 5 nitrogen and oxygen atoms in total. The monoisotopic (exact) mass is 316 g/mol. The van der Waals surface area contributed by atoms with Gasteiger partial charge in [0.1, 0.15) is 17.8 Å². The molecule has 0 amide bonds. The molecule has 0 saturated carbocycles. The highest BCUT2D eigenvalue weighted by molar-refractivity contribution is 6.39. The zero-order valence-electron chi connectivity index (χ0n) is 10.5. The van der Waals surface area contributed by atoms with Crippen LogP contribution in [0, 0.1) is 5.82 Å². The fourth-order valence-electron chi connectivity index (χ4n) is 1.51. The highest BCUT2D eigenvalue weighted by Gasteiger charge is 2.13. The van der Waals surface area contributed by atoms with Crippen LogP contribution in [0.4, 0.5) is 21.6 Å². The molecular formula is C12H11Cl2FN4O. The zero-order valence-corrected chi connectivity index (χ0v) is 12.0. The molecule has 0 radical (unpaired) electrons. The molecule has 0 saturated heterocycles. The number of hydrogen-bond donors (Lipinski definition) is 2. The van der Waals surface area contributed by atoms with Gasteiger partial charge in [0.15, 0.2) is 5.82 Å². The van der Waals surface area contributed by atoms with E-state index in [0.29, 0.717) is 12.3 Å². The highest BCUT2D eigenvalue weighted by Crippen LogP contribution is 2.35. The van der Waals surface area contributed by atoms with Crippen LogP contribution in [-0.2, 0) is 0 Å². The van der Waals surface area contributed by atoms with Crippen molar-refractivity contribution in [1.29, 1.82) is 0 Å². The van der Waals surface area contributed by atoms with Crippen molar-refractivity contribution in [3.8, 4) is 5.88 Å². The van der Waals surface area contributed by atoms with Gasteiger partial charge in [-0.3, -0.25) is 0 Å². The predicted molar refractivity (Wildman–Crippen MR) is 77.3 cm³/mol. The molecule has 0 atom stereocenters. The highest BCUT2D eigenvalue weighted by atomic mass is 35.5. The Morgan fingerprint density at radius 1 is 1.30 bits per heavy atom. The van der Waals surface area contributed by atoms with Crippen molar-refractivity contribution in [2.24, 2.45) is 0 Å². The van der Waals surface area contributed by atoms with Crippen LogP contribution in [0.5, 0.6) is 5.88 Å². The molecule has 0 aliphatic heterocycles. The van der Waals surface area contributed by atoms with Gasteiger partial charge in [0.05, 0.1) is 22.3 Å². The van der Waals surface area contributed by atoms with Gasteiger partial charge in [-0.15, -0.1) is 0 Å². The minimum atomic E-state index is -0.531. The van der Waals surface area contributed by atoms with E-state index in [1.165, 1.54) is 6.33 Å². The SMILES string of the molecule is CCOc1ncnc(Nc2c(Cl)cc(F)cc2Cl)c1N. The number of aromatic nitrogens is 2. The van der Waals surface area contributed by atoms with Gasteiger partial charge in [-0.25, -0.2) is 9.37 Å². The Kier molecular flexibility index (Phi) is 4.46. The number of halogens is 3. The summed E-state index contributed by atoms with van der Waals surface area (Å²) in [6.07, 6.45) is 1.29. The van der Waals surface area contributed by atoms with Gasteiger partial charge in [0.2, 0.25) is 5.88 Å². The molecule has 0 unspecified atom stereocenters. The number of hydrogen-bond acceptors (Lipinski definition) is 5. The Hall–Kier alpha value is -1.79. The van der Waals surface area contributed by atoms with Gasteiger partial charge < -0.3 is 15.8 Å². The molecule has 0 aliphatic carbocycles. The summed E-state index contributed by atoms with van der Waals surface area (Å²) in [4.78, 5) is 7.89. The van der Waals surface area contributed by atoms with Crippen molar-refractivity contribution in [1.82, 2.24) is 9.97 Å². The average Bonchev–Trinajstić information content (AvgIpc) is 2.38. The Morgan fingerprint density at radius 3 is 2.55 bits per heavy atom. The fourth-order valence-corrected chi connectivity index (χ4v) is 2.07. The molecule has 0 bridgehead atoms. The first kappa shape index (κ1) is 14.6. The van der Waals surface area contributed by atoms with E-state index < -0.39 is 5.82 Å². The molecule has 3 N–H and O–H groups in total. The summed E-state index contributed by atoms with van der Waals surface area (Å²) in [5.41, 5.74) is 6.40. The molecule has 20 heavy (non-hydrogen) atoms. The van der Waals surface area contributed by atoms with Crippen molar-refractivity contribution in [3.05, 3.63) is 34.3 Å². The minimum Gasteiger partial charge on any atom is -0.476 e. The molecule has 0 fully saturated rings. The van der Waals surface area contributed by atoms with Crippen LogP contribution < -0.4 is 15.8 Å². The summed E-state index contributed by atoms with van der Waals surface area (Å²) >= 11 is 11.9. The zero-order chi connectivity index (χ0) is 14.7. The minimum absolute atomic E-state index is 0.117. The second-order valence-corrected chi connectivity index (χ2v) is 4.56. The standard InChI is InChI=1S/C12H11Cl2FN4O/c1-2-20-12-9(16)11(17-5-18-12)19-10-7(13)3-6(15)4-8(10)14/h3-5H,2,16H2,1H3,(H,17,18,19). The molecule has 2 rings (SSSR count). The van der Waals surface area contributed by atoms with Gasteiger partial charge in [-0.2, -0.15) is 4.98 Å². The summed E-state index contributed by atoms with van der Waals surface area (Å²) in [6.45, 7) is 2.22. The van der Waals surface area contributed by atoms with E-state index in [-0.39, 0.29) is 27.4 Å². The van der Waals surface area contributed by atoms with Gasteiger partial charge in [0, 0.05) is 0 Å². The topological polar surface area (TPSA) is 73.1 Å². The van der Waals surface area contributed by atoms with E-state index in [0.717, 1.165) is 12.1 Å². The number of ether oxygens (including phenoxy) is 1. The first-order chi connectivity index (χ1) is 9.52. The van der Waals surface area contributed by atoms with Crippen LogP contribution in [0.15, 0.2) is 18.5 Å². The molecule has 1 heterocycles. The van der Waals surface area contributed by atoms with Crippen LogP contribution in [-0.4, -0.2) is 16.6 Å². The van der Waals surface area contributed by atoms with E-state index in [4.69, 9.17) is 33.7 Å². The quantitative estimate of drug-likeness (QED) is 0.900. The van der Waals surface area contributed by atoms with Crippen LogP contribution in [0.2, 0.25) is 10.0 Å². The number of rotatable bonds is 4. The Balaban J connectivity index is 2.38. The first-order valence-electron chi connectivity index (χ1n) is 5.67.